The summed E-state index contributed by atoms with van der Waals surface area (Å²) in [5.41, 5.74) is 3.15. The molecule has 0 spiro atoms. The summed E-state index contributed by atoms with van der Waals surface area (Å²) >= 11 is 3.57. The predicted molar refractivity (Wildman–Crippen MR) is 112 cm³/mol. The Bertz CT molecular complexity index is 934. The second-order valence-electron chi connectivity index (χ2n) is 6.69. The van der Waals surface area contributed by atoms with E-state index in [1.165, 1.54) is 15.3 Å². The monoisotopic (exact) mass is 398 g/mol. The first-order chi connectivity index (χ1) is 13.2. The Morgan fingerprint density at radius 1 is 1.26 bits per heavy atom. The molecule has 4 rings (SSSR count). The molecule has 140 valence electrons. The molecule has 1 aliphatic heterocycles. The van der Waals surface area contributed by atoms with Gasteiger partial charge in [0, 0.05) is 16.3 Å². The minimum absolute atomic E-state index is 0.0147. The van der Waals surface area contributed by atoms with Crippen LogP contribution in [0.2, 0.25) is 0 Å². The van der Waals surface area contributed by atoms with Crippen LogP contribution in [0.25, 0.3) is 0 Å². The van der Waals surface area contributed by atoms with Crippen LogP contribution in [0.3, 0.4) is 0 Å². The Morgan fingerprint density at radius 2 is 2.15 bits per heavy atom. The van der Waals surface area contributed by atoms with Crippen molar-refractivity contribution < 1.29 is 9.53 Å². The van der Waals surface area contributed by atoms with Gasteiger partial charge in [-0.15, -0.1) is 22.7 Å². The van der Waals surface area contributed by atoms with Gasteiger partial charge in [0.05, 0.1) is 25.4 Å². The molecule has 0 bridgehead atoms. The van der Waals surface area contributed by atoms with Gasteiger partial charge in [0.25, 0.3) is 0 Å². The first kappa shape index (κ1) is 18.2. The van der Waals surface area contributed by atoms with Crippen LogP contribution in [-0.2, 0) is 11.2 Å². The maximum Gasteiger partial charge on any atom is 0.238 e. The molecule has 0 saturated heterocycles. The molecule has 0 radical (unpaired) electrons. The zero-order chi connectivity index (χ0) is 18.8. The molecule has 0 fully saturated rings. The minimum atomic E-state index is -0.0147. The number of aryl methyl sites for hydroxylation is 1. The Morgan fingerprint density at radius 3 is 2.93 bits per heavy atom. The second-order valence-corrected chi connectivity index (χ2v) is 8.67. The second kappa shape index (κ2) is 7.84. The maximum atomic E-state index is 12.8. The Labute approximate surface area is 167 Å². The summed E-state index contributed by atoms with van der Waals surface area (Å²) in [4.78, 5) is 17.8. The van der Waals surface area contributed by atoms with Gasteiger partial charge in [0.15, 0.2) is 0 Å². The van der Waals surface area contributed by atoms with Crippen molar-refractivity contribution in [3.05, 3.63) is 68.0 Å². The van der Waals surface area contributed by atoms with E-state index in [-0.39, 0.29) is 11.9 Å². The highest BCUT2D eigenvalue weighted by molar-refractivity contribution is 7.10. The van der Waals surface area contributed by atoms with Crippen molar-refractivity contribution in [2.75, 3.05) is 25.5 Å². The number of hydrogen-bond acceptors (Lipinski definition) is 5. The van der Waals surface area contributed by atoms with E-state index < -0.39 is 0 Å². The number of carbonyl (C=O) groups excluding carboxylic acids is 1. The zero-order valence-electron chi connectivity index (χ0n) is 15.4. The van der Waals surface area contributed by atoms with Crippen LogP contribution in [0, 0.1) is 6.92 Å². The summed E-state index contributed by atoms with van der Waals surface area (Å²) in [6.07, 6.45) is 0.996. The van der Waals surface area contributed by atoms with Crippen LogP contribution in [0.1, 0.15) is 26.9 Å². The number of nitrogens with one attached hydrogen (secondary N) is 1. The first-order valence-electron chi connectivity index (χ1n) is 8.94. The summed E-state index contributed by atoms with van der Waals surface area (Å²) < 4.78 is 5.38. The number of thiophene rings is 2. The van der Waals surface area contributed by atoms with E-state index >= 15 is 0 Å². The molecular weight excluding hydrogens is 376 g/mol. The van der Waals surface area contributed by atoms with Gasteiger partial charge in [-0.2, -0.15) is 0 Å². The SMILES string of the molecule is COc1ccc(C)cc1NC(=O)CN1CCc2sccc2C1c1cccs1. The third-order valence-electron chi connectivity index (χ3n) is 4.85. The molecule has 0 saturated carbocycles. The number of amides is 1. The van der Waals surface area contributed by atoms with E-state index in [4.69, 9.17) is 4.74 Å². The van der Waals surface area contributed by atoms with Crippen LogP contribution in [0.15, 0.2) is 47.2 Å². The largest absolute Gasteiger partial charge is 0.495 e. The van der Waals surface area contributed by atoms with Gasteiger partial charge in [-0.05, 0) is 59.5 Å². The van der Waals surface area contributed by atoms with Crippen molar-refractivity contribution in [2.45, 2.75) is 19.4 Å². The fourth-order valence-electron chi connectivity index (χ4n) is 3.61. The summed E-state index contributed by atoms with van der Waals surface area (Å²) in [6, 6.07) is 12.4. The number of methoxy groups -OCH3 is 1. The zero-order valence-corrected chi connectivity index (χ0v) is 17.0. The van der Waals surface area contributed by atoms with Gasteiger partial charge in [0.1, 0.15) is 5.75 Å². The van der Waals surface area contributed by atoms with Crippen LogP contribution in [0.5, 0.6) is 5.75 Å². The molecule has 27 heavy (non-hydrogen) atoms. The number of rotatable bonds is 5. The average Bonchev–Trinajstić information content (AvgIpc) is 3.33. The Kier molecular flexibility index (Phi) is 5.29. The lowest BCUT2D eigenvalue weighted by Crippen LogP contribution is -2.40. The first-order valence-corrected chi connectivity index (χ1v) is 10.7. The fourth-order valence-corrected chi connectivity index (χ4v) is 5.39. The number of carbonyl (C=O) groups is 1. The molecule has 6 heteroatoms. The predicted octanol–water partition coefficient (Wildman–Crippen LogP) is 4.71. The highest BCUT2D eigenvalue weighted by Crippen LogP contribution is 2.39. The molecule has 1 amide bonds. The Balaban J connectivity index is 1.55. The third kappa shape index (κ3) is 3.78. The standard InChI is InChI=1S/C21H22N2O2S2/c1-14-5-6-17(25-2)16(12-14)22-20(24)13-23-9-7-18-15(8-11-27-18)21(23)19-4-3-10-26-19/h3-6,8,10-12,21H,7,9,13H2,1-2H3,(H,22,24). The number of nitrogens with zero attached hydrogens (tertiary/aromatic N) is 1. The lowest BCUT2D eigenvalue weighted by molar-refractivity contribution is -0.117. The van der Waals surface area contributed by atoms with Crippen LogP contribution in [-0.4, -0.2) is 31.0 Å². The van der Waals surface area contributed by atoms with Crippen LogP contribution >= 0.6 is 22.7 Å². The van der Waals surface area contributed by atoms with E-state index in [0.717, 1.165) is 24.2 Å². The molecule has 3 aromatic rings. The van der Waals surface area contributed by atoms with Crippen LogP contribution in [0.4, 0.5) is 5.69 Å². The quantitative estimate of drug-likeness (QED) is 0.677. The Hall–Kier alpha value is -2.15. The van der Waals surface area contributed by atoms with Gasteiger partial charge >= 0.3 is 0 Å². The van der Waals surface area contributed by atoms with Gasteiger partial charge in [-0.3, -0.25) is 9.69 Å². The van der Waals surface area contributed by atoms with Crippen molar-refractivity contribution >= 4 is 34.3 Å². The van der Waals surface area contributed by atoms with E-state index in [1.54, 1.807) is 18.4 Å². The van der Waals surface area contributed by atoms with Gasteiger partial charge in [0.2, 0.25) is 5.91 Å². The lowest BCUT2D eigenvalue weighted by Gasteiger charge is -2.34. The maximum absolute atomic E-state index is 12.8. The van der Waals surface area contributed by atoms with E-state index in [1.807, 2.05) is 36.5 Å². The number of fused-ring (bicyclic) bond motifs is 1. The number of ether oxygens (including phenoxy) is 1. The fraction of sp³-hybridized carbons (Fsp3) is 0.286. The molecule has 0 aliphatic carbocycles. The summed E-state index contributed by atoms with van der Waals surface area (Å²) in [5.74, 6) is 0.668. The minimum Gasteiger partial charge on any atom is -0.495 e. The molecule has 1 unspecified atom stereocenters. The molecule has 1 atom stereocenters. The molecule has 4 nitrogen and oxygen atoms in total. The summed E-state index contributed by atoms with van der Waals surface area (Å²) in [6.45, 7) is 3.24. The molecule has 2 aromatic heterocycles. The topological polar surface area (TPSA) is 41.6 Å². The molecular formula is C21H22N2O2S2. The normalized spacial score (nSPS) is 16.7. The molecule has 1 aliphatic rings. The highest BCUT2D eigenvalue weighted by atomic mass is 32.1. The molecule has 1 N–H and O–H groups in total. The third-order valence-corrected chi connectivity index (χ3v) is 6.78. The van der Waals surface area contributed by atoms with E-state index in [0.29, 0.717) is 12.3 Å². The smallest absolute Gasteiger partial charge is 0.238 e. The summed E-state index contributed by atoms with van der Waals surface area (Å²) in [5, 5.41) is 7.30. The van der Waals surface area contributed by atoms with Gasteiger partial charge < -0.3 is 10.1 Å². The number of benzene rings is 1. The van der Waals surface area contributed by atoms with Crippen molar-refractivity contribution in [1.82, 2.24) is 4.90 Å². The van der Waals surface area contributed by atoms with Gasteiger partial charge in [-0.1, -0.05) is 12.1 Å². The highest BCUT2D eigenvalue weighted by Gasteiger charge is 2.31. The lowest BCUT2D eigenvalue weighted by atomic mass is 9.98. The van der Waals surface area contributed by atoms with Crippen molar-refractivity contribution in [1.29, 1.82) is 0 Å². The molecule has 1 aromatic carbocycles. The van der Waals surface area contributed by atoms with E-state index in [9.17, 15) is 4.79 Å². The van der Waals surface area contributed by atoms with Crippen molar-refractivity contribution in [3.8, 4) is 5.75 Å². The number of hydrogen-bond donors (Lipinski definition) is 1. The van der Waals surface area contributed by atoms with Crippen LogP contribution < -0.4 is 10.1 Å². The van der Waals surface area contributed by atoms with Crippen molar-refractivity contribution in [3.63, 3.8) is 0 Å². The van der Waals surface area contributed by atoms with Crippen molar-refractivity contribution in [2.24, 2.45) is 0 Å². The summed E-state index contributed by atoms with van der Waals surface area (Å²) in [7, 11) is 1.62. The van der Waals surface area contributed by atoms with E-state index in [2.05, 4.69) is 39.2 Å². The number of anilines is 1. The molecule has 3 heterocycles. The average molecular weight is 399 g/mol. The van der Waals surface area contributed by atoms with Gasteiger partial charge in [-0.25, -0.2) is 0 Å².